The zero-order valence-corrected chi connectivity index (χ0v) is 12.8. The Bertz CT molecular complexity index is 674. The minimum atomic E-state index is -0.911. The summed E-state index contributed by atoms with van der Waals surface area (Å²) in [6.07, 6.45) is 2.32. The molecule has 0 aromatic carbocycles. The summed E-state index contributed by atoms with van der Waals surface area (Å²) in [6.45, 7) is 3.93. The van der Waals surface area contributed by atoms with Gasteiger partial charge in [0.2, 0.25) is 0 Å². The summed E-state index contributed by atoms with van der Waals surface area (Å²) < 4.78 is 5.65. The van der Waals surface area contributed by atoms with Gasteiger partial charge < -0.3 is 14.4 Å². The summed E-state index contributed by atoms with van der Waals surface area (Å²) in [6, 6.07) is 0. The van der Waals surface area contributed by atoms with Gasteiger partial charge in [0.1, 0.15) is 5.76 Å². The molecule has 3 rings (SSSR count). The van der Waals surface area contributed by atoms with Crippen LogP contribution in [0.25, 0.3) is 0 Å². The van der Waals surface area contributed by atoms with Crippen molar-refractivity contribution in [2.24, 2.45) is 5.41 Å². The van der Waals surface area contributed by atoms with Crippen molar-refractivity contribution in [2.45, 2.75) is 39.5 Å². The molecule has 0 radical (unpaired) electrons. The molecule has 1 aliphatic heterocycles. The van der Waals surface area contributed by atoms with E-state index in [1.165, 1.54) is 4.90 Å². The van der Waals surface area contributed by atoms with Gasteiger partial charge in [-0.25, -0.2) is 0 Å². The molecule has 1 aliphatic carbocycles. The van der Waals surface area contributed by atoms with E-state index in [1.54, 1.807) is 13.8 Å². The number of carboxylic acid groups (broad SMARTS) is 1. The first kappa shape index (κ1) is 14.8. The summed E-state index contributed by atoms with van der Waals surface area (Å²) in [5.41, 5.74) is 0.231. The lowest BCUT2D eigenvalue weighted by Gasteiger charge is -2.19. The standard InChI is InChI=1S/C16H19NO5/c1-9-12-10(18)4-3-5-11(12)22-13(9)14(19)17-7-6-16(2,8-17)15(20)21/h3-8H2,1-2H3,(H,20,21). The van der Waals surface area contributed by atoms with Gasteiger partial charge in [0.15, 0.2) is 11.5 Å². The van der Waals surface area contributed by atoms with Crippen LogP contribution in [0.4, 0.5) is 0 Å². The summed E-state index contributed by atoms with van der Waals surface area (Å²) in [4.78, 5) is 37.4. The van der Waals surface area contributed by atoms with Crippen molar-refractivity contribution in [3.8, 4) is 0 Å². The maximum Gasteiger partial charge on any atom is 0.311 e. The first-order chi connectivity index (χ1) is 10.3. The van der Waals surface area contributed by atoms with Gasteiger partial charge in [-0.1, -0.05) is 0 Å². The van der Waals surface area contributed by atoms with Crippen LogP contribution >= 0.6 is 0 Å². The van der Waals surface area contributed by atoms with Gasteiger partial charge in [0, 0.05) is 31.5 Å². The first-order valence-electron chi connectivity index (χ1n) is 7.51. The molecule has 0 spiro atoms. The van der Waals surface area contributed by atoms with Gasteiger partial charge in [-0.15, -0.1) is 0 Å². The van der Waals surface area contributed by atoms with Crippen LogP contribution in [0.3, 0.4) is 0 Å². The summed E-state index contributed by atoms with van der Waals surface area (Å²) in [5.74, 6) is -0.399. The van der Waals surface area contributed by atoms with Crippen molar-refractivity contribution in [1.82, 2.24) is 4.90 Å². The van der Waals surface area contributed by atoms with Gasteiger partial charge in [0.05, 0.1) is 11.0 Å². The second kappa shape index (κ2) is 4.97. The van der Waals surface area contributed by atoms with Crippen molar-refractivity contribution >= 4 is 17.7 Å². The van der Waals surface area contributed by atoms with E-state index < -0.39 is 11.4 Å². The Labute approximate surface area is 128 Å². The molecule has 0 saturated carbocycles. The van der Waals surface area contributed by atoms with Crippen molar-refractivity contribution in [1.29, 1.82) is 0 Å². The average Bonchev–Trinajstić information content (AvgIpc) is 3.02. The van der Waals surface area contributed by atoms with Crippen molar-refractivity contribution in [2.75, 3.05) is 13.1 Å². The zero-order chi connectivity index (χ0) is 16.1. The molecule has 2 heterocycles. The van der Waals surface area contributed by atoms with E-state index in [2.05, 4.69) is 0 Å². The number of hydrogen-bond acceptors (Lipinski definition) is 4. The number of nitrogens with zero attached hydrogens (tertiary/aromatic N) is 1. The number of carboxylic acids is 1. The van der Waals surface area contributed by atoms with Crippen molar-refractivity contribution < 1.29 is 23.9 Å². The molecule has 1 unspecified atom stereocenters. The van der Waals surface area contributed by atoms with Gasteiger partial charge >= 0.3 is 5.97 Å². The quantitative estimate of drug-likeness (QED) is 0.903. The van der Waals surface area contributed by atoms with E-state index in [0.717, 1.165) is 6.42 Å². The fourth-order valence-corrected chi connectivity index (χ4v) is 3.31. The number of aliphatic carboxylic acids is 1. The van der Waals surface area contributed by atoms with Gasteiger partial charge in [0.25, 0.3) is 5.91 Å². The molecule has 0 bridgehead atoms. The number of ketones is 1. The van der Waals surface area contributed by atoms with Crippen LogP contribution in [-0.4, -0.2) is 40.8 Å². The SMILES string of the molecule is Cc1c(C(=O)N2CCC(C)(C(=O)O)C2)oc2c1C(=O)CCC2. The number of Topliss-reactive ketones (excluding diaryl/α,β-unsaturated/α-hetero) is 1. The average molecular weight is 305 g/mol. The Morgan fingerprint density at radius 2 is 2.05 bits per heavy atom. The van der Waals surface area contributed by atoms with Crippen LogP contribution < -0.4 is 0 Å². The highest BCUT2D eigenvalue weighted by Gasteiger charge is 2.43. The van der Waals surface area contributed by atoms with E-state index in [4.69, 9.17) is 4.42 Å². The number of aryl methyl sites for hydroxylation is 1. The van der Waals surface area contributed by atoms with Gasteiger partial charge in [-0.2, -0.15) is 0 Å². The van der Waals surface area contributed by atoms with E-state index >= 15 is 0 Å². The molecule has 1 fully saturated rings. The number of likely N-dealkylation sites (tertiary alicyclic amines) is 1. The molecule has 6 heteroatoms. The first-order valence-corrected chi connectivity index (χ1v) is 7.51. The Morgan fingerprint density at radius 1 is 1.32 bits per heavy atom. The molecule has 1 aromatic rings. The molecular weight excluding hydrogens is 286 g/mol. The topological polar surface area (TPSA) is 87.8 Å². The zero-order valence-electron chi connectivity index (χ0n) is 12.8. The van der Waals surface area contributed by atoms with Crippen LogP contribution in [-0.2, 0) is 11.2 Å². The normalized spacial score (nSPS) is 24.5. The fourth-order valence-electron chi connectivity index (χ4n) is 3.31. The van der Waals surface area contributed by atoms with Gasteiger partial charge in [-0.05, 0) is 26.7 Å². The van der Waals surface area contributed by atoms with Crippen LogP contribution in [0.1, 0.15) is 58.4 Å². The highest BCUT2D eigenvalue weighted by atomic mass is 16.4. The molecule has 1 amide bonds. The summed E-state index contributed by atoms with van der Waals surface area (Å²) in [7, 11) is 0. The highest BCUT2D eigenvalue weighted by molar-refractivity contribution is 6.03. The number of hydrogen-bond donors (Lipinski definition) is 1. The Kier molecular flexibility index (Phi) is 3.34. The third kappa shape index (κ3) is 2.14. The minimum absolute atomic E-state index is 0.0262. The second-order valence-electron chi connectivity index (χ2n) is 6.47. The van der Waals surface area contributed by atoms with E-state index in [-0.39, 0.29) is 24.0 Å². The maximum absolute atomic E-state index is 12.6. The Morgan fingerprint density at radius 3 is 2.64 bits per heavy atom. The number of rotatable bonds is 2. The van der Waals surface area contributed by atoms with Crippen molar-refractivity contribution in [3.63, 3.8) is 0 Å². The third-order valence-electron chi connectivity index (χ3n) is 4.78. The number of amides is 1. The van der Waals surface area contributed by atoms with Crippen LogP contribution in [0.2, 0.25) is 0 Å². The highest BCUT2D eigenvalue weighted by Crippen LogP contribution is 2.34. The number of furan rings is 1. The van der Waals surface area contributed by atoms with E-state index in [0.29, 0.717) is 42.7 Å². The van der Waals surface area contributed by atoms with Gasteiger partial charge in [-0.3, -0.25) is 14.4 Å². The third-order valence-corrected chi connectivity index (χ3v) is 4.78. The van der Waals surface area contributed by atoms with Crippen molar-refractivity contribution in [3.05, 3.63) is 22.6 Å². The minimum Gasteiger partial charge on any atom is -0.481 e. The number of carbonyl (C=O) groups excluding carboxylic acids is 2. The lowest BCUT2D eigenvalue weighted by atomic mass is 9.90. The Hall–Kier alpha value is -2.11. The molecule has 2 aliphatic rings. The molecular formula is C16H19NO5. The number of fused-ring (bicyclic) bond motifs is 1. The predicted molar refractivity (Wildman–Crippen MR) is 77.0 cm³/mol. The molecule has 22 heavy (non-hydrogen) atoms. The smallest absolute Gasteiger partial charge is 0.311 e. The fraction of sp³-hybridized carbons (Fsp3) is 0.562. The molecule has 1 atom stereocenters. The summed E-state index contributed by atoms with van der Waals surface area (Å²) in [5, 5.41) is 9.26. The number of carbonyl (C=O) groups is 3. The van der Waals surface area contributed by atoms with E-state index in [1.807, 2.05) is 0 Å². The lowest BCUT2D eigenvalue weighted by molar-refractivity contribution is -0.147. The van der Waals surface area contributed by atoms with Crippen LogP contribution in [0.5, 0.6) is 0 Å². The monoisotopic (exact) mass is 305 g/mol. The largest absolute Gasteiger partial charge is 0.481 e. The molecule has 6 nitrogen and oxygen atoms in total. The van der Waals surface area contributed by atoms with Crippen LogP contribution in [0, 0.1) is 12.3 Å². The Balaban J connectivity index is 1.88. The van der Waals surface area contributed by atoms with Crippen LogP contribution in [0.15, 0.2) is 4.42 Å². The lowest BCUT2D eigenvalue weighted by Crippen LogP contribution is -2.35. The second-order valence-corrected chi connectivity index (χ2v) is 6.47. The predicted octanol–water partition coefficient (Wildman–Crippen LogP) is 2.04. The molecule has 1 aromatic heterocycles. The molecule has 1 saturated heterocycles. The maximum atomic E-state index is 12.6. The molecule has 118 valence electrons. The molecule has 1 N–H and O–H groups in total. The summed E-state index contributed by atoms with van der Waals surface area (Å²) >= 11 is 0. The van der Waals surface area contributed by atoms with E-state index in [9.17, 15) is 19.5 Å².